The van der Waals surface area contributed by atoms with Gasteiger partial charge in [-0.1, -0.05) is 11.6 Å². The third kappa shape index (κ3) is 5.03. The van der Waals surface area contributed by atoms with Gasteiger partial charge in [-0.05, 0) is 49.7 Å². The molecule has 0 fully saturated rings. The van der Waals surface area contributed by atoms with E-state index >= 15 is 0 Å². The first-order valence-corrected chi connectivity index (χ1v) is 8.47. The van der Waals surface area contributed by atoms with Crippen LogP contribution in [0.4, 0.5) is 5.69 Å². The number of benzene rings is 2. The zero-order chi connectivity index (χ0) is 18.2. The van der Waals surface area contributed by atoms with E-state index in [1.165, 1.54) is 0 Å². The first kappa shape index (κ1) is 18.9. The van der Waals surface area contributed by atoms with Crippen LogP contribution in [0.2, 0.25) is 5.02 Å². The van der Waals surface area contributed by atoms with Crippen LogP contribution >= 0.6 is 11.6 Å². The molecule has 2 rings (SSSR count). The van der Waals surface area contributed by atoms with Gasteiger partial charge in [0.15, 0.2) is 11.5 Å². The van der Waals surface area contributed by atoms with Crippen LogP contribution in [0.25, 0.3) is 0 Å². The van der Waals surface area contributed by atoms with E-state index in [4.69, 9.17) is 25.8 Å². The summed E-state index contributed by atoms with van der Waals surface area (Å²) in [5.41, 5.74) is 2.28. The summed E-state index contributed by atoms with van der Waals surface area (Å²) in [5.74, 6) is 0.937. The Morgan fingerprint density at radius 2 is 1.80 bits per heavy atom. The van der Waals surface area contributed by atoms with Gasteiger partial charge < -0.3 is 19.5 Å². The van der Waals surface area contributed by atoms with Crippen LogP contribution in [0.15, 0.2) is 36.4 Å². The fraction of sp³-hybridized carbons (Fsp3) is 0.316. The molecule has 0 bridgehead atoms. The van der Waals surface area contributed by atoms with Gasteiger partial charge in [-0.25, -0.2) is 4.79 Å². The zero-order valence-corrected chi connectivity index (χ0v) is 15.4. The van der Waals surface area contributed by atoms with Gasteiger partial charge in [-0.3, -0.25) is 0 Å². The highest BCUT2D eigenvalue weighted by Gasteiger charge is 2.11. The van der Waals surface area contributed by atoms with E-state index < -0.39 is 0 Å². The van der Waals surface area contributed by atoms with Gasteiger partial charge in [0, 0.05) is 23.3 Å². The molecular formula is C19H22ClNO4. The van der Waals surface area contributed by atoms with Crippen molar-refractivity contribution in [1.82, 2.24) is 0 Å². The SMILES string of the molecule is CCOC(=O)c1ccc(NCc2cc(OC)c(OCC)cc2Cl)cc1. The Hall–Kier alpha value is -2.40. The summed E-state index contributed by atoms with van der Waals surface area (Å²) in [6, 6.07) is 10.7. The minimum Gasteiger partial charge on any atom is -0.493 e. The van der Waals surface area contributed by atoms with Crippen molar-refractivity contribution in [1.29, 1.82) is 0 Å². The van der Waals surface area contributed by atoms with Crippen LogP contribution in [-0.4, -0.2) is 26.3 Å². The fourth-order valence-electron chi connectivity index (χ4n) is 2.28. The van der Waals surface area contributed by atoms with Gasteiger partial charge in [-0.15, -0.1) is 0 Å². The highest BCUT2D eigenvalue weighted by Crippen LogP contribution is 2.33. The second kappa shape index (κ2) is 9.18. The Labute approximate surface area is 152 Å². The van der Waals surface area contributed by atoms with Crippen LogP contribution in [0.1, 0.15) is 29.8 Å². The van der Waals surface area contributed by atoms with Crippen LogP contribution in [0.5, 0.6) is 11.5 Å². The lowest BCUT2D eigenvalue weighted by atomic mass is 10.1. The summed E-state index contributed by atoms with van der Waals surface area (Å²) in [5, 5.41) is 3.87. The summed E-state index contributed by atoms with van der Waals surface area (Å²) < 4.78 is 15.8. The molecule has 0 amide bonds. The normalized spacial score (nSPS) is 10.2. The van der Waals surface area contributed by atoms with Gasteiger partial charge in [-0.2, -0.15) is 0 Å². The van der Waals surface area contributed by atoms with Crippen LogP contribution in [-0.2, 0) is 11.3 Å². The number of methoxy groups -OCH3 is 1. The van der Waals surface area contributed by atoms with Crippen LogP contribution in [0, 0.1) is 0 Å². The standard InChI is InChI=1S/C19H22ClNO4/c1-4-24-18-11-16(20)14(10-17(18)23-3)12-21-15-8-6-13(7-9-15)19(22)25-5-2/h6-11,21H,4-5,12H2,1-3H3. The van der Waals surface area contributed by atoms with Crippen molar-refractivity contribution in [3.05, 3.63) is 52.5 Å². The molecular weight excluding hydrogens is 342 g/mol. The third-order valence-corrected chi connectivity index (χ3v) is 3.86. The minimum absolute atomic E-state index is 0.326. The number of ether oxygens (including phenoxy) is 3. The van der Waals surface area contributed by atoms with Gasteiger partial charge >= 0.3 is 5.97 Å². The molecule has 2 aromatic rings. The van der Waals surface area contributed by atoms with Gasteiger partial charge in [0.25, 0.3) is 0 Å². The molecule has 0 aliphatic rings. The molecule has 0 saturated carbocycles. The first-order valence-electron chi connectivity index (χ1n) is 8.09. The summed E-state index contributed by atoms with van der Waals surface area (Å²) in [4.78, 5) is 11.6. The third-order valence-electron chi connectivity index (χ3n) is 3.51. The molecule has 0 heterocycles. The van der Waals surface area contributed by atoms with Gasteiger partial charge in [0.05, 0.1) is 25.9 Å². The Kier molecular flexibility index (Phi) is 6.95. The Balaban J connectivity index is 2.07. The number of carbonyl (C=O) groups is 1. The minimum atomic E-state index is -0.326. The number of nitrogens with one attached hydrogen (secondary N) is 1. The quantitative estimate of drug-likeness (QED) is 0.698. The van der Waals surface area contributed by atoms with Crippen LogP contribution < -0.4 is 14.8 Å². The monoisotopic (exact) mass is 363 g/mol. The number of hydrogen-bond donors (Lipinski definition) is 1. The average molecular weight is 364 g/mol. The molecule has 5 nitrogen and oxygen atoms in total. The molecule has 0 radical (unpaired) electrons. The maximum absolute atomic E-state index is 11.6. The van der Waals surface area contributed by atoms with E-state index in [-0.39, 0.29) is 5.97 Å². The lowest BCUT2D eigenvalue weighted by Gasteiger charge is -2.14. The molecule has 0 aliphatic heterocycles. The molecule has 134 valence electrons. The molecule has 2 aromatic carbocycles. The molecule has 0 atom stereocenters. The average Bonchev–Trinajstić information content (AvgIpc) is 2.62. The summed E-state index contributed by atoms with van der Waals surface area (Å²) in [7, 11) is 1.59. The Morgan fingerprint density at radius 1 is 1.08 bits per heavy atom. The number of carbonyl (C=O) groups excluding carboxylic acids is 1. The van der Waals surface area contributed by atoms with Crippen molar-refractivity contribution in [3.63, 3.8) is 0 Å². The maximum Gasteiger partial charge on any atom is 0.338 e. The predicted molar refractivity (Wildman–Crippen MR) is 98.9 cm³/mol. The zero-order valence-electron chi connectivity index (χ0n) is 14.6. The predicted octanol–water partition coefficient (Wildman–Crippen LogP) is 4.54. The fourth-order valence-corrected chi connectivity index (χ4v) is 2.50. The van der Waals surface area contributed by atoms with E-state index in [9.17, 15) is 4.79 Å². The smallest absolute Gasteiger partial charge is 0.338 e. The molecule has 0 unspecified atom stereocenters. The molecule has 0 aromatic heterocycles. The number of halogens is 1. The highest BCUT2D eigenvalue weighted by molar-refractivity contribution is 6.31. The van der Waals surface area contributed by atoms with Gasteiger partial charge in [0.2, 0.25) is 0 Å². The first-order chi connectivity index (χ1) is 12.1. The largest absolute Gasteiger partial charge is 0.493 e. The lowest BCUT2D eigenvalue weighted by Crippen LogP contribution is -2.05. The number of esters is 1. The van der Waals surface area contributed by atoms with Crippen molar-refractivity contribution in [3.8, 4) is 11.5 Å². The Morgan fingerprint density at radius 3 is 2.40 bits per heavy atom. The van der Waals surface area contributed by atoms with E-state index in [0.29, 0.717) is 41.8 Å². The van der Waals surface area contributed by atoms with Crippen molar-refractivity contribution in [2.75, 3.05) is 25.6 Å². The van der Waals surface area contributed by atoms with E-state index in [0.717, 1.165) is 11.3 Å². The topological polar surface area (TPSA) is 56.8 Å². The van der Waals surface area contributed by atoms with E-state index in [2.05, 4.69) is 5.32 Å². The summed E-state index contributed by atoms with van der Waals surface area (Å²) in [6.07, 6.45) is 0. The van der Waals surface area contributed by atoms with E-state index in [1.807, 2.05) is 25.1 Å². The highest BCUT2D eigenvalue weighted by atomic mass is 35.5. The second-order valence-corrected chi connectivity index (χ2v) is 5.59. The van der Waals surface area contributed by atoms with Crippen molar-refractivity contribution in [2.45, 2.75) is 20.4 Å². The Bertz CT molecular complexity index is 716. The molecule has 0 aliphatic carbocycles. The summed E-state index contributed by atoms with van der Waals surface area (Å²) >= 11 is 6.33. The summed E-state index contributed by atoms with van der Waals surface area (Å²) in [6.45, 7) is 5.10. The molecule has 0 saturated heterocycles. The molecule has 1 N–H and O–H groups in total. The molecule has 6 heteroatoms. The molecule has 25 heavy (non-hydrogen) atoms. The maximum atomic E-state index is 11.6. The van der Waals surface area contributed by atoms with E-state index in [1.54, 1.807) is 32.2 Å². The lowest BCUT2D eigenvalue weighted by molar-refractivity contribution is 0.0526. The second-order valence-electron chi connectivity index (χ2n) is 5.18. The number of hydrogen-bond acceptors (Lipinski definition) is 5. The van der Waals surface area contributed by atoms with Crippen molar-refractivity contribution < 1.29 is 19.0 Å². The van der Waals surface area contributed by atoms with Crippen molar-refractivity contribution >= 4 is 23.3 Å². The molecule has 0 spiro atoms. The van der Waals surface area contributed by atoms with Crippen molar-refractivity contribution in [2.24, 2.45) is 0 Å². The van der Waals surface area contributed by atoms with Crippen LogP contribution in [0.3, 0.4) is 0 Å². The number of rotatable bonds is 8. The van der Waals surface area contributed by atoms with Gasteiger partial charge in [0.1, 0.15) is 0 Å². The number of anilines is 1.